The second kappa shape index (κ2) is 8.45. The Balaban J connectivity index is 0.00000225. The van der Waals surface area contributed by atoms with Gasteiger partial charge in [0.1, 0.15) is 23.7 Å². The van der Waals surface area contributed by atoms with Crippen LogP contribution in [0.2, 0.25) is 0 Å². The van der Waals surface area contributed by atoms with Gasteiger partial charge in [0.15, 0.2) is 0 Å². The van der Waals surface area contributed by atoms with E-state index in [-0.39, 0.29) is 22.8 Å². The predicted molar refractivity (Wildman–Crippen MR) is 102 cm³/mol. The molecule has 0 spiro atoms. The van der Waals surface area contributed by atoms with Gasteiger partial charge in [0.2, 0.25) is 0 Å². The van der Waals surface area contributed by atoms with Gasteiger partial charge in [-0.2, -0.15) is 0 Å². The molecule has 3 rings (SSSR count). The third-order valence-corrected chi connectivity index (χ3v) is 4.29. The van der Waals surface area contributed by atoms with E-state index in [2.05, 4.69) is 23.4 Å². The van der Waals surface area contributed by atoms with Crippen molar-refractivity contribution in [2.75, 3.05) is 13.7 Å². The van der Waals surface area contributed by atoms with Gasteiger partial charge in [-0.1, -0.05) is 12.1 Å². The molecule has 0 bridgehead atoms. The fourth-order valence-electron chi connectivity index (χ4n) is 2.83. The molecular weight excluding hydrogens is 387 g/mol. The number of pyridine rings is 1. The van der Waals surface area contributed by atoms with E-state index in [1.165, 1.54) is 12.1 Å². The molecule has 0 N–H and O–H groups in total. The number of benzene rings is 1. The first-order valence-corrected chi connectivity index (χ1v) is 7.92. The van der Waals surface area contributed by atoms with E-state index in [1.807, 2.05) is 6.07 Å². The van der Waals surface area contributed by atoms with Crippen molar-refractivity contribution in [3.05, 3.63) is 59.2 Å². The molecule has 4 nitrogen and oxygen atoms in total. The van der Waals surface area contributed by atoms with E-state index < -0.39 is 0 Å². The number of methoxy groups -OCH3 is 1. The number of halogens is 2. The molecule has 0 saturated carbocycles. The van der Waals surface area contributed by atoms with Gasteiger partial charge in [-0.25, -0.2) is 4.39 Å². The van der Waals surface area contributed by atoms with E-state index in [9.17, 15) is 4.39 Å². The predicted octanol–water partition coefficient (Wildman–Crippen LogP) is 4.60. The average Bonchev–Trinajstić information content (AvgIpc) is 2.84. The number of rotatable bonds is 6. The molecule has 0 aliphatic carbocycles. The summed E-state index contributed by atoms with van der Waals surface area (Å²) in [6.07, 6.45) is 1.76. The monoisotopic (exact) mass is 408 g/mol. The Morgan fingerprint density at radius 1 is 1.12 bits per heavy atom. The van der Waals surface area contributed by atoms with Crippen LogP contribution < -0.4 is 4.74 Å². The summed E-state index contributed by atoms with van der Waals surface area (Å²) in [6, 6.07) is 8.21. The lowest BCUT2D eigenvalue weighted by Gasteiger charge is -2.12. The van der Waals surface area contributed by atoms with E-state index in [4.69, 9.17) is 9.47 Å². The molecule has 0 radical (unpaired) electrons. The number of aromatic nitrogens is 2. The summed E-state index contributed by atoms with van der Waals surface area (Å²) in [5.41, 5.74) is 5.15. The third kappa shape index (κ3) is 4.02. The van der Waals surface area contributed by atoms with Gasteiger partial charge in [0.05, 0.1) is 12.1 Å². The number of ether oxygens (including phenoxy) is 2. The molecule has 6 heteroatoms. The first-order valence-electron chi connectivity index (χ1n) is 7.92. The van der Waals surface area contributed by atoms with Crippen molar-refractivity contribution in [2.45, 2.75) is 27.0 Å². The van der Waals surface area contributed by atoms with Crippen molar-refractivity contribution >= 4 is 28.0 Å². The van der Waals surface area contributed by atoms with Gasteiger partial charge in [0, 0.05) is 31.6 Å². The number of hydrogen-bond donors (Lipinski definition) is 0. The summed E-state index contributed by atoms with van der Waals surface area (Å²) in [5, 5.41) is 0. The molecule has 0 amide bonds. The van der Waals surface area contributed by atoms with Crippen LogP contribution in [0.5, 0.6) is 5.75 Å². The maximum Gasteiger partial charge on any atom is 0.147 e. The van der Waals surface area contributed by atoms with Crippen LogP contribution in [0.3, 0.4) is 0 Å². The Labute approximate surface area is 157 Å². The van der Waals surface area contributed by atoms with Crippen LogP contribution in [0.25, 0.3) is 11.0 Å². The molecule has 0 unspecified atom stereocenters. The van der Waals surface area contributed by atoms with Crippen LogP contribution in [-0.4, -0.2) is 23.3 Å². The SMILES string of the molecule is Br.COCCn1c(C)c(C)c2nccc(OCc3ccc(F)cc3)c21. The average molecular weight is 409 g/mol. The van der Waals surface area contributed by atoms with Crippen LogP contribution in [0, 0.1) is 19.7 Å². The molecule has 1 aromatic carbocycles. The maximum atomic E-state index is 13.0. The minimum absolute atomic E-state index is 0. The van der Waals surface area contributed by atoms with Crippen molar-refractivity contribution < 1.29 is 13.9 Å². The second-order valence-corrected chi connectivity index (χ2v) is 5.78. The Morgan fingerprint density at radius 3 is 2.52 bits per heavy atom. The zero-order valence-corrected chi connectivity index (χ0v) is 16.3. The van der Waals surface area contributed by atoms with Gasteiger partial charge in [-0.05, 0) is 37.1 Å². The molecule has 134 valence electrons. The number of hydrogen-bond acceptors (Lipinski definition) is 3. The molecule has 0 atom stereocenters. The van der Waals surface area contributed by atoms with E-state index >= 15 is 0 Å². The quantitative estimate of drug-likeness (QED) is 0.597. The Bertz CT molecular complexity index is 847. The van der Waals surface area contributed by atoms with Gasteiger partial charge in [-0.3, -0.25) is 4.98 Å². The van der Waals surface area contributed by atoms with Crippen molar-refractivity contribution in [1.82, 2.24) is 9.55 Å². The highest BCUT2D eigenvalue weighted by Crippen LogP contribution is 2.31. The lowest BCUT2D eigenvalue weighted by Crippen LogP contribution is -2.07. The Morgan fingerprint density at radius 2 is 1.84 bits per heavy atom. The van der Waals surface area contributed by atoms with Crippen LogP contribution in [-0.2, 0) is 17.9 Å². The molecular formula is C19H22BrFN2O2. The van der Waals surface area contributed by atoms with Crippen LogP contribution in [0.1, 0.15) is 16.8 Å². The van der Waals surface area contributed by atoms with Crippen LogP contribution in [0.4, 0.5) is 4.39 Å². The zero-order valence-electron chi connectivity index (χ0n) is 14.6. The molecule has 25 heavy (non-hydrogen) atoms. The van der Waals surface area contributed by atoms with E-state index in [1.54, 1.807) is 25.4 Å². The molecule has 2 heterocycles. The minimum atomic E-state index is -0.246. The van der Waals surface area contributed by atoms with Crippen molar-refractivity contribution in [3.8, 4) is 5.75 Å². The van der Waals surface area contributed by atoms with Crippen molar-refractivity contribution in [3.63, 3.8) is 0 Å². The molecule has 0 aliphatic heterocycles. The number of nitrogens with zero attached hydrogens (tertiary/aromatic N) is 2. The van der Waals surface area contributed by atoms with Gasteiger partial charge in [-0.15, -0.1) is 17.0 Å². The molecule has 3 aromatic rings. The van der Waals surface area contributed by atoms with E-state index in [0.29, 0.717) is 13.2 Å². The summed E-state index contributed by atoms with van der Waals surface area (Å²) < 4.78 is 26.4. The summed E-state index contributed by atoms with van der Waals surface area (Å²) in [5.74, 6) is 0.529. The summed E-state index contributed by atoms with van der Waals surface area (Å²) in [7, 11) is 1.69. The highest BCUT2D eigenvalue weighted by atomic mass is 79.9. The molecule has 0 aliphatic rings. The summed E-state index contributed by atoms with van der Waals surface area (Å²) in [6.45, 7) is 5.89. The Hall–Kier alpha value is -1.92. The summed E-state index contributed by atoms with van der Waals surface area (Å²) >= 11 is 0. The fourth-order valence-corrected chi connectivity index (χ4v) is 2.83. The van der Waals surface area contributed by atoms with E-state index in [0.717, 1.165) is 40.1 Å². The number of fused-ring (bicyclic) bond motifs is 1. The summed E-state index contributed by atoms with van der Waals surface area (Å²) in [4.78, 5) is 4.51. The largest absolute Gasteiger partial charge is 0.487 e. The van der Waals surface area contributed by atoms with Gasteiger partial charge < -0.3 is 14.0 Å². The minimum Gasteiger partial charge on any atom is -0.487 e. The third-order valence-electron chi connectivity index (χ3n) is 4.29. The molecule has 2 aromatic heterocycles. The van der Waals surface area contributed by atoms with Crippen molar-refractivity contribution in [1.29, 1.82) is 0 Å². The lowest BCUT2D eigenvalue weighted by molar-refractivity contribution is 0.187. The molecule has 0 saturated heterocycles. The second-order valence-electron chi connectivity index (χ2n) is 5.78. The number of aryl methyl sites for hydroxylation is 1. The van der Waals surface area contributed by atoms with Gasteiger partial charge in [0.25, 0.3) is 0 Å². The maximum absolute atomic E-state index is 13.0. The smallest absolute Gasteiger partial charge is 0.147 e. The highest BCUT2D eigenvalue weighted by Gasteiger charge is 2.16. The first kappa shape index (κ1) is 19.4. The topological polar surface area (TPSA) is 36.3 Å². The lowest BCUT2D eigenvalue weighted by atomic mass is 10.2. The standard InChI is InChI=1S/C19H21FN2O2.BrH/c1-13-14(2)22(10-11-23-3)19-17(8-9-21-18(13)19)24-12-15-4-6-16(20)7-5-15;/h4-9H,10-12H2,1-3H3;1H. The zero-order chi connectivity index (χ0) is 17.1. The van der Waals surface area contributed by atoms with Gasteiger partial charge >= 0.3 is 0 Å². The molecule has 0 fully saturated rings. The van der Waals surface area contributed by atoms with Crippen LogP contribution in [0.15, 0.2) is 36.5 Å². The highest BCUT2D eigenvalue weighted by molar-refractivity contribution is 8.93. The normalized spacial score (nSPS) is 10.7. The van der Waals surface area contributed by atoms with Crippen molar-refractivity contribution in [2.24, 2.45) is 0 Å². The first-order chi connectivity index (χ1) is 11.6. The van der Waals surface area contributed by atoms with Crippen LogP contribution >= 0.6 is 17.0 Å². The Kier molecular flexibility index (Phi) is 6.56. The fraction of sp³-hybridized carbons (Fsp3) is 0.316.